The third kappa shape index (κ3) is 8.40. The molecular formula is C11H24N2O3. The minimum atomic E-state index is -1.44. The zero-order valence-corrected chi connectivity index (χ0v) is 10.6. The molecule has 0 aromatic heterocycles. The maximum Gasteiger partial charge on any atom is 0.139 e. The zero-order chi connectivity index (χ0) is 13.4. The molecule has 16 heavy (non-hydrogen) atoms. The monoisotopic (exact) mass is 232 g/mol. The maximum atomic E-state index is 9.34. The molecule has 0 aliphatic carbocycles. The van der Waals surface area contributed by atoms with Crippen LogP contribution in [0, 0.1) is 0 Å². The van der Waals surface area contributed by atoms with E-state index in [0.717, 1.165) is 24.4 Å². The SMILES string of the molecule is C=CC[N+](C)(C)C(N)CC.CC(O)C(=O)[O-]. The number of carbonyl (C=O) groups excluding carboxylic acids is 1. The largest absolute Gasteiger partial charge is 0.547 e. The number of carboxylic acids is 1. The molecular weight excluding hydrogens is 208 g/mol. The molecule has 0 radical (unpaired) electrons. The lowest BCUT2D eigenvalue weighted by Crippen LogP contribution is -2.53. The summed E-state index contributed by atoms with van der Waals surface area (Å²) < 4.78 is 0.833. The number of aliphatic hydroxyl groups excluding tert-OH is 1. The molecule has 0 aliphatic heterocycles. The van der Waals surface area contributed by atoms with Crippen LogP contribution in [-0.2, 0) is 4.79 Å². The number of carboxylic acid groups (broad SMARTS) is 1. The smallest absolute Gasteiger partial charge is 0.139 e. The Morgan fingerprint density at radius 1 is 1.62 bits per heavy atom. The molecule has 0 aromatic carbocycles. The van der Waals surface area contributed by atoms with E-state index in [-0.39, 0.29) is 6.17 Å². The van der Waals surface area contributed by atoms with Crippen molar-refractivity contribution in [3.8, 4) is 0 Å². The summed E-state index contributed by atoms with van der Waals surface area (Å²) in [6.45, 7) is 7.87. The first-order chi connectivity index (χ1) is 7.18. The highest BCUT2D eigenvalue weighted by molar-refractivity contribution is 5.68. The summed E-state index contributed by atoms with van der Waals surface area (Å²) in [5, 5.41) is 17.3. The number of carbonyl (C=O) groups is 1. The molecule has 0 saturated carbocycles. The number of nitrogens with zero attached hydrogens (tertiary/aromatic N) is 1. The molecule has 3 N–H and O–H groups in total. The van der Waals surface area contributed by atoms with Crippen molar-refractivity contribution in [2.45, 2.75) is 32.5 Å². The first-order valence-electron chi connectivity index (χ1n) is 5.27. The fourth-order valence-electron chi connectivity index (χ4n) is 0.962. The Kier molecular flexibility index (Phi) is 9.03. The Morgan fingerprint density at radius 2 is 2.00 bits per heavy atom. The van der Waals surface area contributed by atoms with Crippen LogP contribution in [0.25, 0.3) is 0 Å². The topological polar surface area (TPSA) is 86.4 Å². The van der Waals surface area contributed by atoms with Crippen LogP contribution in [0.1, 0.15) is 20.3 Å². The van der Waals surface area contributed by atoms with Gasteiger partial charge in [0.2, 0.25) is 0 Å². The Labute approximate surface area is 97.8 Å². The first kappa shape index (κ1) is 17.5. The number of likely N-dealkylation sites (N-methyl/N-ethyl adjacent to an activating group) is 1. The molecule has 96 valence electrons. The highest BCUT2D eigenvalue weighted by atomic mass is 16.4. The first-order valence-corrected chi connectivity index (χ1v) is 5.27. The highest BCUT2D eigenvalue weighted by Gasteiger charge is 2.20. The van der Waals surface area contributed by atoms with Crippen LogP contribution in [0.4, 0.5) is 0 Å². The molecule has 0 bridgehead atoms. The number of aliphatic carboxylic acids is 1. The number of nitrogens with two attached hydrogens (primary N) is 1. The molecule has 0 aliphatic rings. The van der Waals surface area contributed by atoms with E-state index >= 15 is 0 Å². The second kappa shape index (κ2) is 8.27. The van der Waals surface area contributed by atoms with Gasteiger partial charge in [0.05, 0.1) is 32.7 Å². The average Bonchev–Trinajstić information content (AvgIpc) is 2.17. The number of aliphatic hydroxyl groups is 1. The summed E-state index contributed by atoms with van der Waals surface area (Å²) in [4.78, 5) is 9.34. The fraction of sp³-hybridized carbons (Fsp3) is 0.727. The van der Waals surface area contributed by atoms with Crippen molar-refractivity contribution in [2.75, 3.05) is 20.6 Å². The molecule has 2 unspecified atom stereocenters. The normalized spacial score (nSPS) is 14.4. The van der Waals surface area contributed by atoms with Gasteiger partial charge in [0, 0.05) is 6.42 Å². The summed E-state index contributed by atoms with van der Waals surface area (Å²) in [6, 6.07) is 0. The van der Waals surface area contributed by atoms with E-state index in [1.54, 1.807) is 0 Å². The van der Waals surface area contributed by atoms with Crippen molar-refractivity contribution in [3.63, 3.8) is 0 Å². The van der Waals surface area contributed by atoms with Gasteiger partial charge in [-0.2, -0.15) is 0 Å². The van der Waals surface area contributed by atoms with E-state index in [0.29, 0.717) is 0 Å². The Balaban J connectivity index is 0. The molecule has 0 fully saturated rings. The van der Waals surface area contributed by atoms with Gasteiger partial charge in [-0.3, -0.25) is 5.73 Å². The van der Waals surface area contributed by atoms with E-state index in [9.17, 15) is 9.90 Å². The van der Waals surface area contributed by atoms with Crippen LogP contribution in [0.2, 0.25) is 0 Å². The van der Waals surface area contributed by atoms with Gasteiger partial charge >= 0.3 is 0 Å². The van der Waals surface area contributed by atoms with Crippen LogP contribution in [-0.4, -0.2) is 48.5 Å². The van der Waals surface area contributed by atoms with E-state index in [4.69, 9.17) is 10.8 Å². The van der Waals surface area contributed by atoms with E-state index in [2.05, 4.69) is 27.6 Å². The second-order valence-corrected chi connectivity index (χ2v) is 4.22. The molecule has 0 saturated heterocycles. The van der Waals surface area contributed by atoms with Crippen LogP contribution in [0.5, 0.6) is 0 Å². The van der Waals surface area contributed by atoms with Crippen molar-refractivity contribution in [1.82, 2.24) is 0 Å². The van der Waals surface area contributed by atoms with Crippen LogP contribution >= 0.6 is 0 Å². The van der Waals surface area contributed by atoms with Crippen molar-refractivity contribution < 1.29 is 19.5 Å². The number of rotatable bonds is 5. The summed E-state index contributed by atoms with van der Waals surface area (Å²) in [5.41, 5.74) is 5.86. The van der Waals surface area contributed by atoms with Gasteiger partial charge in [-0.1, -0.05) is 13.5 Å². The number of quaternary nitrogens is 1. The van der Waals surface area contributed by atoms with Crippen molar-refractivity contribution in [2.24, 2.45) is 5.73 Å². The summed E-state index contributed by atoms with van der Waals surface area (Å²) in [6.07, 6.45) is 1.82. The molecule has 5 heteroatoms. The Bertz CT molecular complexity index is 215. The van der Waals surface area contributed by atoms with Crippen LogP contribution in [0.15, 0.2) is 12.7 Å². The van der Waals surface area contributed by atoms with Gasteiger partial charge < -0.3 is 19.5 Å². The summed E-state index contributed by atoms with van der Waals surface area (Å²) >= 11 is 0. The summed E-state index contributed by atoms with van der Waals surface area (Å²) in [5.74, 6) is -1.44. The van der Waals surface area contributed by atoms with Gasteiger partial charge in [0.1, 0.15) is 6.17 Å². The van der Waals surface area contributed by atoms with E-state index < -0.39 is 12.1 Å². The average molecular weight is 232 g/mol. The van der Waals surface area contributed by atoms with Gasteiger partial charge in [-0.05, 0) is 13.0 Å². The number of hydrogen-bond acceptors (Lipinski definition) is 4. The third-order valence-electron chi connectivity index (χ3n) is 2.26. The Morgan fingerprint density at radius 3 is 2.19 bits per heavy atom. The third-order valence-corrected chi connectivity index (χ3v) is 2.26. The van der Waals surface area contributed by atoms with Crippen LogP contribution in [0.3, 0.4) is 0 Å². The zero-order valence-electron chi connectivity index (χ0n) is 10.6. The maximum absolute atomic E-state index is 9.34. The standard InChI is InChI=1S/C8H19N2.C3H6O3/c1-5-7-10(3,4)8(9)6-2;1-2(4)3(5)6/h5,8H,1,6-7,9H2,2-4H3;2,4H,1H3,(H,5,6)/q+1;/p-1. The Hall–Kier alpha value is -0.910. The van der Waals surface area contributed by atoms with Crippen molar-refractivity contribution >= 4 is 5.97 Å². The highest BCUT2D eigenvalue weighted by Crippen LogP contribution is 2.04. The molecule has 5 nitrogen and oxygen atoms in total. The fourth-order valence-corrected chi connectivity index (χ4v) is 0.962. The van der Waals surface area contributed by atoms with E-state index in [1.165, 1.54) is 0 Å². The predicted octanol–water partition coefficient (Wildman–Crippen LogP) is -0.939. The quantitative estimate of drug-likeness (QED) is 0.364. The molecule has 0 rings (SSSR count). The second-order valence-electron chi connectivity index (χ2n) is 4.22. The predicted molar refractivity (Wildman–Crippen MR) is 62.1 cm³/mol. The summed E-state index contributed by atoms with van der Waals surface area (Å²) in [7, 11) is 4.24. The molecule has 2 atom stereocenters. The van der Waals surface area contributed by atoms with Crippen molar-refractivity contribution in [1.29, 1.82) is 0 Å². The van der Waals surface area contributed by atoms with Gasteiger partial charge in [-0.25, -0.2) is 0 Å². The lowest BCUT2D eigenvalue weighted by atomic mass is 10.3. The van der Waals surface area contributed by atoms with Gasteiger partial charge in [-0.15, -0.1) is 0 Å². The van der Waals surface area contributed by atoms with Crippen molar-refractivity contribution in [3.05, 3.63) is 12.7 Å². The van der Waals surface area contributed by atoms with Crippen LogP contribution < -0.4 is 10.8 Å². The lowest BCUT2D eigenvalue weighted by molar-refractivity contribution is -0.909. The van der Waals surface area contributed by atoms with Gasteiger partial charge in [0.15, 0.2) is 0 Å². The molecule has 0 aromatic rings. The lowest BCUT2D eigenvalue weighted by Gasteiger charge is -2.34. The van der Waals surface area contributed by atoms with Gasteiger partial charge in [0.25, 0.3) is 0 Å². The number of hydrogen-bond donors (Lipinski definition) is 2. The molecule has 0 heterocycles. The van der Waals surface area contributed by atoms with E-state index in [1.807, 2.05) is 6.08 Å². The minimum absolute atomic E-state index is 0.234. The molecule has 0 spiro atoms. The minimum Gasteiger partial charge on any atom is -0.547 e. The molecule has 0 amide bonds.